The van der Waals surface area contributed by atoms with Gasteiger partial charge in [-0.05, 0) is 38.8 Å². The minimum atomic E-state index is -0.378. The Kier molecular flexibility index (Phi) is 2.53. The molecule has 0 aromatic heterocycles. The lowest BCUT2D eigenvalue weighted by molar-refractivity contribution is -0.146. The highest BCUT2D eigenvalue weighted by atomic mass is 16.6. The molecule has 1 saturated heterocycles. The number of carbonyl (C=O) groups excluding carboxylic acids is 1. The number of cyclic esters (lactones) is 1. The minimum Gasteiger partial charge on any atom is -0.459 e. The van der Waals surface area contributed by atoms with Gasteiger partial charge in [0.05, 0.1) is 6.42 Å². The summed E-state index contributed by atoms with van der Waals surface area (Å²) in [4.78, 5) is 11.4. The van der Waals surface area contributed by atoms with Gasteiger partial charge in [-0.2, -0.15) is 0 Å². The molecule has 1 aromatic rings. The van der Waals surface area contributed by atoms with E-state index in [4.69, 9.17) is 4.74 Å². The van der Waals surface area contributed by atoms with E-state index >= 15 is 0 Å². The predicted octanol–water partition coefficient (Wildman–Crippen LogP) is 3.11. The Labute approximate surface area is 96.6 Å². The SMILES string of the molecule is Cc1ccc(C2CC(=O)OC2(C)C)c(C)c1. The lowest BCUT2D eigenvalue weighted by atomic mass is 9.82. The summed E-state index contributed by atoms with van der Waals surface area (Å²) in [6.07, 6.45) is 0.497. The summed E-state index contributed by atoms with van der Waals surface area (Å²) < 4.78 is 5.36. The molecule has 0 N–H and O–H groups in total. The van der Waals surface area contributed by atoms with E-state index in [9.17, 15) is 4.79 Å². The van der Waals surface area contributed by atoms with Crippen LogP contribution in [0.3, 0.4) is 0 Å². The van der Waals surface area contributed by atoms with Crippen LogP contribution in [0.5, 0.6) is 0 Å². The molecule has 0 amide bonds. The Hall–Kier alpha value is -1.31. The number of benzene rings is 1. The molecule has 1 heterocycles. The Morgan fingerprint density at radius 1 is 1.31 bits per heavy atom. The van der Waals surface area contributed by atoms with Gasteiger partial charge in [-0.15, -0.1) is 0 Å². The van der Waals surface area contributed by atoms with Crippen LogP contribution in [-0.2, 0) is 9.53 Å². The summed E-state index contributed by atoms with van der Waals surface area (Å²) in [7, 11) is 0. The second-order valence-electron chi connectivity index (χ2n) is 5.19. The Balaban J connectivity index is 2.41. The topological polar surface area (TPSA) is 26.3 Å². The van der Waals surface area contributed by atoms with Crippen LogP contribution >= 0.6 is 0 Å². The second kappa shape index (κ2) is 3.62. The van der Waals surface area contributed by atoms with Gasteiger partial charge in [-0.3, -0.25) is 4.79 Å². The molecule has 1 unspecified atom stereocenters. The van der Waals surface area contributed by atoms with Gasteiger partial charge in [0.1, 0.15) is 5.60 Å². The zero-order valence-electron chi connectivity index (χ0n) is 10.3. The summed E-state index contributed by atoms with van der Waals surface area (Å²) in [5.74, 6) is 0.0931. The van der Waals surface area contributed by atoms with Crippen molar-refractivity contribution in [1.29, 1.82) is 0 Å². The molecular formula is C14H18O2. The van der Waals surface area contributed by atoms with E-state index in [1.165, 1.54) is 16.7 Å². The smallest absolute Gasteiger partial charge is 0.307 e. The van der Waals surface area contributed by atoms with Crippen molar-refractivity contribution < 1.29 is 9.53 Å². The number of esters is 1. The van der Waals surface area contributed by atoms with E-state index in [1.807, 2.05) is 13.8 Å². The maximum Gasteiger partial charge on any atom is 0.307 e. The van der Waals surface area contributed by atoms with Crippen molar-refractivity contribution in [1.82, 2.24) is 0 Å². The third-order valence-corrected chi connectivity index (χ3v) is 3.39. The van der Waals surface area contributed by atoms with Crippen LogP contribution in [0.1, 0.15) is 42.9 Å². The fourth-order valence-corrected chi connectivity index (χ4v) is 2.52. The van der Waals surface area contributed by atoms with Gasteiger partial charge in [0, 0.05) is 5.92 Å². The van der Waals surface area contributed by atoms with E-state index < -0.39 is 0 Å². The predicted molar refractivity (Wildman–Crippen MR) is 63.4 cm³/mol. The molecule has 2 heteroatoms. The fourth-order valence-electron chi connectivity index (χ4n) is 2.52. The van der Waals surface area contributed by atoms with Gasteiger partial charge in [-0.25, -0.2) is 0 Å². The van der Waals surface area contributed by atoms with Crippen LogP contribution in [0.15, 0.2) is 18.2 Å². The summed E-state index contributed by atoms with van der Waals surface area (Å²) in [6.45, 7) is 8.16. The van der Waals surface area contributed by atoms with Crippen LogP contribution in [0, 0.1) is 13.8 Å². The van der Waals surface area contributed by atoms with Crippen molar-refractivity contribution in [3.8, 4) is 0 Å². The normalized spacial score (nSPS) is 23.2. The van der Waals surface area contributed by atoms with Crippen molar-refractivity contribution in [2.75, 3.05) is 0 Å². The third-order valence-electron chi connectivity index (χ3n) is 3.39. The number of aryl methyl sites for hydroxylation is 2. The molecule has 86 valence electrons. The highest BCUT2D eigenvalue weighted by molar-refractivity contribution is 5.74. The van der Waals surface area contributed by atoms with Gasteiger partial charge in [0.15, 0.2) is 0 Å². The zero-order valence-corrected chi connectivity index (χ0v) is 10.3. The molecule has 2 rings (SSSR count). The molecular weight excluding hydrogens is 200 g/mol. The maximum absolute atomic E-state index is 11.4. The minimum absolute atomic E-state index is 0.0880. The molecule has 0 radical (unpaired) electrons. The third kappa shape index (κ3) is 1.84. The number of carbonyl (C=O) groups is 1. The molecule has 0 saturated carbocycles. The van der Waals surface area contributed by atoms with Crippen LogP contribution in [-0.4, -0.2) is 11.6 Å². The molecule has 1 fully saturated rings. The second-order valence-corrected chi connectivity index (χ2v) is 5.19. The standard InChI is InChI=1S/C14H18O2/c1-9-5-6-11(10(2)7-9)12-8-13(15)16-14(12,3)4/h5-7,12H,8H2,1-4H3. The molecule has 0 spiro atoms. The molecule has 2 nitrogen and oxygen atoms in total. The summed E-state index contributed by atoms with van der Waals surface area (Å²) in [5.41, 5.74) is 3.36. The first-order valence-corrected chi connectivity index (χ1v) is 5.69. The van der Waals surface area contributed by atoms with Crippen molar-refractivity contribution in [2.24, 2.45) is 0 Å². The number of rotatable bonds is 1. The van der Waals surface area contributed by atoms with Gasteiger partial charge >= 0.3 is 5.97 Å². The molecule has 16 heavy (non-hydrogen) atoms. The first-order valence-electron chi connectivity index (χ1n) is 5.69. The van der Waals surface area contributed by atoms with Crippen molar-refractivity contribution in [2.45, 2.75) is 45.6 Å². The monoisotopic (exact) mass is 218 g/mol. The molecule has 1 aliphatic heterocycles. The summed E-state index contributed by atoms with van der Waals surface area (Å²) >= 11 is 0. The average molecular weight is 218 g/mol. The first kappa shape index (κ1) is 11.2. The fraction of sp³-hybridized carbons (Fsp3) is 0.500. The molecule has 0 bridgehead atoms. The van der Waals surface area contributed by atoms with E-state index in [2.05, 4.69) is 32.0 Å². The average Bonchev–Trinajstić information content (AvgIpc) is 2.39. The number of ether oxygens (including phenoxy) is 1. The Morgan fingerprint density at radius 2 is 2.00 bits per heavy atom. The highest BCUT2D eigenvalue weighted by Crippen LogP contribution is 2.41. The van der Waals surface area contributed by atoms with E-state index in [1.54, 1.807) is 0 Å². The molecule has 1 aromatic carbocycles. The van der Waals surface area contributed by atoms with Gasteiger partial charge in [0.25, 0.3) is 0 Å². The van der Waals surface area contributed by atoms with Gasteiger partial charge < -0.3 is 4.74 Å². The number of hydrogen-bond acceptors (Lipinski definition) is 2. The van der Waals surface area contributed by atoms with Crippen molar-refractivity contribution in [3.05, 3.63) is 34.9 Å². The van der Waals surface area contributed by atoms with Crippen LogP contribution in [0.2, 0.25) is 0 Å². The number of hydrogen-bond donors (Lipinski definition) is 0. The highest BCUT2D eigenvalue weighted by Gasteiger charge is 2.42. The van der Waals surface area contributed by atoms with Crippen molar-refractivity contribution >= 4 is 5.97 Å². The largest absolute Gasteiger partial charge is 0.459 e. The maximum atomic E-state index is 11.4. The van der Waals surface area contributed by atoms with E-state index in [-0.39, 0.29) is 17.5 Å². The summed E-state index contributed by atoms with van der Waals surface area (Å²) in [6, 6.07) is 6.38. The Bertz CT molecular complexity index is 432. The molecule has 0 aliphatic carbocycles. The zero-order chi connectivity index (χ0) is 11.9. The van der Waals surface area contributed by atoms with Crippen LogP contribution in [0.25, 0.3) is 0 Å². The van der Waals surface area contributed by atoms with Gasteiger partial charge in [0.2, 0.25) is 0 Å². The lowest BCUT2D eigenvalue weighted by Gasteiger charge is -2.26. The van der Waals surface area contributed by atoms with E-state index in [0.29, 0.717) is 6.42 Å². The Morgan fingerprint density at radius 3 is 2.50 bits per heavy atom. The lowest BCUT2D eigenvalue weighted by Crippen LogP contribution is -2.26. The van der Waals surface area contributed by atoms with E-state index in [0.717, 1.165) is 0 Å². The first-order chi connectivity index (χ1) is 7.40. The van der Waals surface area contributed by atoms with Crippen LogP contribution < -0.4 is 0 Å². The van der Waals surface area contributed by atoms with Crippen molar-refractivity contribution in [3.63, 3.8) is 0 Å². The molecule has 1 aliphatic rings. The van der Waals surface area contributed by atoms with Crippen LogP contribution in [0.4, 0.5) is 0 Å². The quantitative estimate of drug-likeness (QED) is 0.677. The summed E-state index contributed by atoms with van der Waals surface area (Å²) in [5, 5.41) is 0. The van der Waals surface area contributed by atoms with Gasteiger partial charge in [-0.1, -0.05) is 23.8 Å². The molecule has 1 atom stereocenters.